The van der Waals surface area contributed by atoms with Crippen molar-refractivity contribution in [2.75, 3.05) is 13.6 Å². The van der Waals surface area contributed by atoms with Crippen molar-refractivity contribution in [3.8, 4) is 0 Å². The van der Waals surface area contributed by atoms with Crippen LogP contribution in [0.15, 0.2) is 24.3 Å². The fourth-order valence-corrected chi connectivity index (χ4v) is 3.48. The molecule has 2 amide bonds. The van der Waals surface area contributed by atoms with Gasteiger partial charge in [0.2, 0.25) is 11.8 Å². The number of amides is 2. The van der Waals surface area contributed by atoms with E-state index in [1.54, 1.807) is 0 Å². The molecular weight excluding hydrogens is 336 g/mol. The van der Waals surface area contributed by atoms with Crippen LogP contribution < -0.4 is 5.32 Å². The molecule has 1 aliphatic rings. The zero-order chi connectivity index (χ0) is 18.2. The van der Waals surface area contributed by atoms with Crippen LogP contribution in [0.1, 0.15) is 51.0 Å². The lowest BCUT2D eigenvalue weighted by atomic mass is 9.81. The Morgan fingerprint density at radius 2 is 1.72 bits per heavy atom. The highest BCUT2D eigenvalue weighted by Crippen LogP contribution is 2.30. The van der Waals surface area contributed by atoms with E-state index in [2.05, 4.69) is 12.2 Å². The second kappa shape index (κ2) is 9.81. The van der Waals surface area contributed by atoms with E-state index >= 15 is 0 Å². The highest BCUT2D eigenvalue weighted by Gasteiger charge is 2.31. The number of hydrogen-bond donors (Lipinski definition) is 1. The summed E-state index contributed by atoms with van der Waals surface area (Å²) in [7, 11) is 1.89. The van der Waals surface area contributed by atoms with Crippen molar-refractivity contribution < 1.29 is 9.59 Å². The van der Waals surface area contributed by atoms with Crippen molar-refractivity contribution in [3.05, 3.63) is 34.9 Å². The Bertz CT molecular complexity index is 566. The first-order chi connectivity index (χ1) is 12.0. The molecule has 0 unspecified atom stereocenters. The maximum atomic E-state index is 12.4. The molecule has 1 fully saturated rings. The number of nitrogens with one attached hydrogen (secondary N) is 1. The second-order valence-corrected chi connectivity index (χ2v) is 7.44. The summed E-state index contributed by atoms with van der Waals surface area (Å²) in [5, 5.41) is 3.70. The Hall–Kier alpha value is -1.55. The van der Waals surface area contributed by atoms with Gasteiger partial charge in [-0.05, 0) is 49.8 Å². The minimum atomic E-state index is 0.0253. The molecule has 1 aromatic carbocycles. The zero-order valence-corrected chi connectivity index (χ0v) is 16.0. The van der Waals surface area contributed by atoms with Gasteiger partial charge < -0.3 is 10.2 Å². The number of benzene rings is 1. The summed E-state index contributed by atoms with van der Waals surface area (Å²) in [5.74, 6) is 0.452. The van der Waals surface area contributed by atoms with E-state index < -0.39 is 0 Å². The van der Waals surface area contributed by atoms with Crippen LogP contribution >= 0.6 is 11.6 Å². The van der Waals surface area contributed by atoms with Gasteiger partial charge in [0.15, 0.2) is 0 Å². The normalized spacial score (nSPS) is 20.1. The fraction of sp³-hybridized carbons (Fsp3) is 0.600. The molecule has 0 aliphatic heterocycles. The van der Waals surface area contributed by atoms with Crippen molar-refractivity contribution >= 4 is 23.4 Å². The maximum absolute atomic E-state index is 12.4. The quantitative estimate of drug-likeness (QED) is 0.794. The Labute approximate surface area is 155 Å². The van der Waals surface area contributed by atoms with Crippen LogP contribution in [0.2, 0.25) is 5.02 Å². The maximum Gasteiger partial charge on any atom is 0.225 e. The molecule has 1 aliphatic carbocycles. The highest BCUT2D eigenvalue weighted by molar-refractivity contribution is 6.30. The smallest absolute Gasteiger partial charge is 0.225 e. The fourth-order valence-electron chi connectivity index (χ4n) is 3.36. The van der Waals surface area contributed by atoms with E-state index in [4.69, 9.17) is 11.6 Å². The van der Waals surface area contributed by atoms with E-state index in [1.165, 1.54) is 0 Å². The number of halogens is 1. The van der Waals surface area contributed by atoms with Crippen molar-refractivity contribution in [3.63, 3.8) is 0 Å². The number of rotatable bonds is 7. The molecule has 1 saturated carbocycles. The predicted octanol–water partition coefficient (Wildman–Crippen LogP) is 4.02. The lowest BCUT2D eigenvalue weighted by Crippen LogP contribution is -2.38. The minimum Gasteiger partial charge on any atom is -0.352 e. The third-order valence-corrected chi connectivity index (χ3v) is 5.30. The van der Waals surface area contributed by atoms with Gasteiger partial charge in [0.25, 0.3) is 0 Å². The van der Waals surface area contributed by atoms with Crippen LogP contribution in [-0.4, -0.2) is 30.3 Å². The Morgan fingerprint density at radius 1 is 1.12 bits per heavy atom. The first kappa shape index (κ1) is 19.8. The lowest BCUT2D eigenvalue weighted by Gasteiger charge is -2.30. The van der Waals surface area contributed by atoms with Crippen molar-refractivity contribution in [1.82, 2.24) is 10.2 Å². The minimum absolute atomic E-state index is 0.0253. The molecule has 0 heterocycles. The van der Waals surface area contributed by atoms with Crippen LogP contribution in [0.25, 0.3) is 0 Å². The van der Waals surface area contributed by atoms with E-state index in [-0.39, 0.29) is 23.7 Å². The Balaban J connectivity index is 1.74. The average molecular weight is 365 g/mol. The molecule has 2 rings (SSSR count). The standard InChI is InChI=1S/C20H29ClN2O2/c1-3-4-13-23(2)20(25)17-9-7-16(8-10-17)19(24)22-14-15-5-11-18(21)12-6-15/h5-6,11-12,16-17H,3-4,7-10,13-14H2,1-2H3,(H,22,24). The summed E-state index contributed by atoms with van der Waals surface area (Å²) in [6, 6.07) is 7.50. The van der Waals surface area contributed by atoms with Crippen LogP contribution in [-0.2, 0) is 16.1 Å². The first-order valence-corrected chi connectivity index (χ1v) is 9.66. The molecule has 0 aromatic heterocycles. The van der Waals surface area contributed by atoms with Gasteiger partial charge in [-0.25, -0.2) is 0 Å². The van der Waals surface area contributed by atoms with Gasteiger partial charge in [0, 0.05) is 37.0 Å². The second-order valence-electron chi connectivity index (χ2n) is 7.01. The molecule has 0 spiro atoms. The summed E-state index contributed by atoms with van der Waals surface area (Å²) in [6.07, 6.45) is 5.36. The van der Waals surface area contributed by atoms with Gasteiger partial charge in [-0.3, -0.25) is 9.59 Å². The summed E-state index contributed by atoms with van der Waals surface area (Å²) < 4.78 is 0. The summed E-state index contributed by atoms with van der Waals surface area (Å²) in [4.78, 5) is 26.6. The summed E-state index contributed by atoms with van der Waals surface area (Å²) in [5.41, 5.74) is 1.04. The zero-order valence-electron chi connectivity index (χ0n) is 15.3. The van der Waals surface area contributed by atoms with Crippen LogP contribution in [0.4, 0.5) is 0 Å². The Kier molecular flexibility index (Phi) is 7.76. The lowest BCUT2D eigenvalue weighted by molar-refractivity contribution is -0.137. The van der Waals surface area contributed by atoms with Crippen molar-refractivity contribution in [2.24, 2.45) is 11.8 Å². The van der Waals surface area contributed by atoms with Gasteiger partial charge >= 0.3 is 0 Å². The predicted molar refractivity (Wildman–Crippen MR) is 101 cm³/mol. The number of carbonyl (C=O) groups is 2. The number of unbranched alkanes of at least 4 members (excludes halogenated alkanes) is 1. The molecule has 5 heteroatoms. The summed E-state index contributed by atoms with van der Waals surface area (Å²) >= 11 is 5.87. The molecule has 4 nitrogen and oxygen atoms in total. The van der Waals surface area contributed by atoms with Gasteiger partial charge in [-0.2, -0.15) is 0 Å². The summed E-state index contributed by atoms with van der Waals surface area (Å²) in [6.45, 7) is 3.48. The van der Waals surface area contributed by atoms with Gasteiger partial charge in [0.1, 0.15) is 0 Å². The van der Waals surface area contributed by atoms with E-state index in [0.717, 1.165) is 50.6 Å². The molecule has 1 N–H and O–H groups in total. The number of hydrogen-bond acceptors (Lipinski definition) is 2. The van der Waals surface area contributed by atoms with E-state index in [1.807, 2.05) is 36.2 Å². The van der Waals surface area contributed by atoms with Gasteiger partial charge in [-0.15, -0.1) is 0 Å². The van der Waals surface area contributed by atoms with Crippen LogP contribution in [0, 0.1) is 11.8 Å². The van der Waals surface area contributed by atoms with Crippen LogP contribution in [0.5, 0.6) is 0 Å². The third kappa shape index (κ3) is 6.03. The van der Waals surface area contributed by atoms with Crippen LogP contribution in [0.3, 0.4) is 0 Å². The third-order valence-electron chi connectivity index (χ3n) is 5.05. The molecular formula is C20H29ClN2O2. The Morgan fingerprint density at radius 3 is 2.32 bits per heavy atom. The molecule has 1 aromatic rings. The molecule has 0 radical (unpaired) electrons. The molecule has 25 heavy (non-hydrogen) atoms. The van der Waals surface area contributed by atoms with E-state index in [9.17, 15) is 9.59 Å². The van der Waals surface area contributed by atoms with Gasteiger partial charge in [-0.1, -0.05) is 37.1 Å². The van der Waals surface area contributed by atoms with E-state index in [0.29, 0.717) is 11.6 Å². The van der Waals surface area contributed by atoms with Crippen molar-refractivity contribution in [1.29, 1.82) is 0 Å². The highest BCUT2D eigenvalue weighted by atomic mass is 35.5. The largest absolute Gasteiger partial charge is 0.352 e. The molecule has 0 atom stereocenters. The number of carbonyl (C=O) groups excluding carboxylic acids is 2. The SMILES string of the molecule is CCCCN(C)C(=O)C1CCC(C(=O)NCc2ccc(Cl)cc2)CC1. The van der Waals surface area contributed by atoms with Crippen molar-refractivity contribution in [2.45, 2.75) is 52.0 Å². The average Bonchev–Trinajstić information content (AvgIpc) is 2.65. The molecule has 0 saturated heterocycles. The molecule has 138 valence electrons. The number of nitrogens with zero attached hydrogens (tertiary/aromatic N) is 1. The van der Waals surface area contributed by atoms with Gasteiger partial charge in [0.05, 0.1) is 0 Å². The first-order valence-electron chi connectivity index (χ1n) is 9.28. The monoisotopic (exact) mass is 364 g/mol. The molecule has 0 bridgehead atoms. The topological polar surface area (TPSA) is 49.4 Å².